The second-order valence-electron chi connectivity index (χ2n) is 11.5. The Balaban J connectivity index is 1.71. The molecule has 1 aliphatic carbocycles. The average Bonchev–Trinajstić information content (AvgIpc) is 3.40. The van der Waals surface area contributed by atoms with Gasteiger partial charge < -0.3 is 16.0 Å². The van der Waals surface area contributed by atoms with Crippen molar-refractivity contribution in [1.29, 1.82) is 0 Å². The number of hydrogen-bond acceptors (Lipinski definition) is 3. The molecule has 3 amide bonds. The van der Waals surface area contributed by atoms with Gasteiger partial charge >= 0.3 is 0 Å². The van der Waals surface area contributed by atoms with E-state index in [2.05, 4.69) is 11.4 Å². The van der Waals surface area contributed by atoms with E-state index in [9.17, 15) is 14.4 Å². The number of rotatable bonds is 11. The summed E-state index contributed by atoms with van der Waals surface area (Å²) in [4.78, 5) is 42.5. The van der Waals surface area contributed by atoms with Crippen LogP contribution in [0.1, 0.15) is 83.7 Å². The highest BCUT2D eigenvalue weighted by Crippen LogP contribution is 2.41. The second kappa shape index (κ2) is 12.6. The van der Waals surface area contributed by atoms with Gasteiger partial charge in [-0.05, 0) is 48.3 Å². The van der Waals surface area contributed by atoms with Crippen LogP contribution in [-0.2, 0) is 14.4 Å². The summed E-state index contributed by atoms with van der Waals surface area (Å²) in [7, 11) is 0. The molecule has 3 N–H and O–H groups in total. The fraction of sp³-hybridized carbons (Fsp3) is 0.531. The lowest BCUT2D eigenvalue weighted by molar-refractivity contribution is -0.136. The van der Waals surface area contributed by atoms with E-state index in [4.69, 9.17) is 5.73 Å². The third kappa shape index (κ3) is 6.11. The van der Waals surface area contributed by atoms with E-state index in [1.54, 1.807) is 0 Å². The van der Waals surface area contributed by atoms with Crippen LogP contribution in [0.5, 0.6) is 0 Å². The quantitative estimate of drug-likeness (QED) is 0.383. The molecule has 1 aliphatic heterocycles. The van der Waals surface area contributed by atoms with Gasteiger partial charge in [-0.3, -0.25) is 14.4 Å². The van der Waals surface area contributed by atoms with Gasteiger partial charge in [0, 0.05) is 23.9 Å². The normalized spacial score (nSPS) is 19.0. The summed E-state index contributed by atoms with van der Waals surface area (Å²) in [5.74, 6) is -1.15. The first-order valence-electron chi connectivity index (χ1n) is 14.4. The van der Waals surface area contributed by atoms with Crippen LogP contribution in [0.25, 0.3) is 11.1 Å². The number of benzene rings is 2. The monoisotopic (exact) mass is 517 g/mol. The SMILES string of the molecule is CCCC(C(N)=O)C(CC(C)C)C(=O)NC1C(=O)N(CCC2CCCC2)c2ccccc2-c2ccccc21. The molecule has 2 aromatic rings. The highest BCUT2D eigenvalue weighted by molar-refractivity contribution is 6.06. The molecule has 0 spiro atoms. The van der Waals surface area contributed by atoms with Crippen molar-refractivity contribution in [2.75, 3.05) is 11.4 Å². The Labute approximate surface area is 227 Å². The van der Waals surface area contributed by atoms with Gasteiger partial charge in [0.15, 0.2) is 0 Å². The molecule has 0 radical (unpaired) electrons. The highest BCUT2D eigenvalue weighted by Gasteiger charge is 2.39. The number of fused-ring (bicyclic) bond motifs is 3. The molecule has 4 rings (SSSR count). The van der Waals surface area contributed by atoms with E-state index < -0.39 is 23.8 Å². The first-order valence-corrected chi connectivity index (χ1v) is 14.4. The molecule has 0 aromatic heterocycles. The summed E-state index contributed by atoms with van der Waals surface area (Å²) in [6.45, 7) is 6.69. The molecule has 1 fully saturated rings. The molecular formula is C32H43N3O3. The molecule has 204 valence electrons. The maximum absolute atomic E-state index is 14.3. The topological polar surface area (TPSA) is 92.5 Å². The van der Waals surface area contributed by atoms with Crippen molar-refractivity contribution in [1.82, 2.24) is 5.32 Å². The molecule has 0 bridgehead atoms. The summed E-state index contributed by atoms with van der Waals surface area (Å²) in [6.07, 6.45) is 7.74. The van der Waals surface area contributed by atoms with Crippen molar-refractivity contribution >= 4 is 23.4 Å². The van der Waals surface area contributed by atoms with Crippen molar-refractivity contribution in [2.24, 2.45) is 29.4 Å². The van der Waals surface area contributed by atoms with E-state index in [1.165, 1.54) is 25.7 Å². The molecule has 6 heteroatoms. The van der Waals surface area contributed by atoms with Gasteiger partial charge in [-0.25, -0.2) is 0 Å². The van der Waals surface area contributed by atoms with Crippen LogP contribution in [0.2, 0.25) is 0 Å². The highest BCUT2D eigenvalue weighted by atomic mass is 16.2. The standard InChI is InChI=1S/C32H43N3O3/c1-4-11-26(30(33)36)27(20-21(2)3)31(37)34-29-25-16-8-7-14-23(25)24-15-9-10-17-28(24)35(32(29)38)19-18-22-12-5-6-13-22/h7-10,14-17,21-22,26-27,29H,4-6,11-13,18-20H2,1-3H3,(H2,33,36)(H,34,37). The van der Waals surface area contributed by atoms with Crippen LogP contribution in [0.4, 0.5) is 5.69 Å². The number of carbonyl (C=O) groups excluding carboxylic acids is 3. The number of nitrogens with zero attached hydrogens (tertiary/aromatic N) is 1. The molecule has 1 saturated carbocycles. The summed E-state index contributed by atoms with van der Waals surface area (Å²) < 4.78 is 0. The van der Waals surface area contributed by atoms with Gasteiger partial charge in [0.05, 0.1) is 5.69 Å². The van der Waals surface area contributed by atoms with Crippen LogP contribution >= 0.6 is 0 Å². The Hall–Kier alpha value is -3.15. The molecule has 3 unspecified atom stereocenters. The first-order chi connectivity index (χ1) is 18.3. The lowest BCUT2D eigenvalue weighted by Crippen LogP contribution is -2.47. The number of primary amides is 1. The predicted molar refractivity (Wildman–Crippen MR) is 152 cm³/mol. The Morgan fingerprint density at radius 2 is 1.66 bits per heavy atom. The number of hydrogen-bond donors (Lipinski definition) is 2. The van der Waals surface area contributed by atoms with Gasteiger partial charge in [0.25, 0.3) is 5.91 Å². The molecule has 38 heavy (non-hydrogen) atoms. The zero-order valence-corrected chi connectivity index (χ0v) is 23.1. The lowest BCUT2D eigenvalue weighted by Gasteiger charge is -2.30. The number of para-hydroxylation sites is 1. The first kappa shape index (κ1) is 27.9. The molecule has 2 aliphatic rings. The van der Waals surface area contributed by atoms with Crippen LogP contribution in [0.15, 0.2) is 48.5 Å². The zero-order chi connectivity index (χ0) is 27.2. The minimum atomic E-state index is -0.834. The van der Waals surface area contributed by atoms with E-state index in [-0.39, 0.29) is 17.7 Å². The van der Waals surface area contributed by atoms with Crippen LogP contribution in [0.3, 0.4) is 0 Å². The van der Waals surface area contributed by atoms with Crippen molar-refractivity contribution in [3.63, 3.8) is 0 Å². The number of nitrogens with two attached hydrogens (primary N) is 1. The Morgan fingerprint density at radius 3 is 2.32 bits per heavy atom. The Morgan fingerprint density at radius 1 is 1.00 bits per heavy atom. The maximum atomic E-state index is 14.3. The van der Waals surface area contributed by atoms with E-state index >= 15 is 0 Å². The number of nitrogens with one attached hydrogen (secondary N) is 1. The fourth-order valence-electron chi connectivity index (χ4n) is 6.38. The molecule has 1 heterocycles. The average molecular weight is 518 g/mol. The van der Waals surface area contributed by atoms with Gasteiger partial charge in [-0.1, -0.05) is 95.3 Å². The summed E-state index contributed by atoms with van der Waals surface area (Å²) in [6, 6.07) is 15.0. The van der Waals surface area contributed by atoms with Gasteiger partial charge in [0.2, 0.25) is 11.8 Å². The van der Waals surface area contributed by atoms with Crippen molar-refractivity contribution in [2.45, 2.75) is 78.2 Å². The van der Waals surface area contributed by atoms with Gasteiger partial charge in [-0.15, -0.1) is 0 Å². The van der Waals surface area contributed by atoms with Gasteiger partial charge in [-0.2, -0.15) is 0 Å². The lowest BCUT2D eigenvalue weighted by atomic mass is 9.81. The summed E-state index contributed by atoms with van der Waals surface area (Å²) in [5, 5.41) is 3.12. The smallest absolute Gasteiger partial charge is 0.254 e. The summed E-state index contributed by atoms with van der Waals surface area (Å²) >= 11 is 0. The number of anilines is 1. The fourth-order valence-corrected chi connectivity index (χ4v) is 6.38. The van der Waals surface area contributed by atoms with Crippen molar-refractivity contribution in [3.8, 4) is 11.1 Å². The Bertz CT molecular complexity index is 1140. The number of carbonyl (C=O) groups is 3. The molecule has 6 nitrogen and oxygen atoms in total. The third-order valence-electron chi connectivity index (χ3n) is 8.31. The predicted octanol–water partition coefficient (Wildman–Crippen LogP) is 6.00. The van der Waals surface area contributed by atoms with Crippen LogP contribution in [-0.4, -0.2) is 24.3 Å². The van der Waals surface area contributed by atoms with E-state index in [1.807, 2.05) is 68.1 Å². The van der Waals surface area contributed by atoms with E-state index in [0.717, 1.165) is 35.2 Å². The van der Waals surface area contributed by atoms with Gasteiger partial charge in [0.1, 0.15) is 6.04 Å². The van der Waals surface area contributed by atoms with E-state index in [0.29, 0.717) is 25.3 Å². The summed E-state index contributed by atoms with van der Waals surface area (Å²) in [5.41, 5.74) is 9.41. The van der Waals surface area contributed by atoms with Crippen molar-refractivity contribution in [3.05, 3.63) is 54.1 Å². The number of amides is 3. The minimum absolute atomic E-state index is 0.122. The maximum Gasteiger partial charge on any atom is 0.254 e. The largest absolute Gasteiger partial charge is 0.369 e. The molecule has 3 atom stereocenters. The van der Waals surface area contributed by atoms with Crippen molar-refractivity contribution < 1.29 is 14.4 Å². The Kier molecular flexibility index (Phi) is 9.24. The molecular weight excluding hydrogens is 474 g/mol. The minimum Gasteiger partial charge on any atom is -0.369 e. The third-order valence-corrected chi connectivity index (χ3v) is 8.31. The molecule has 0 saturated heterocycles. The molecule has 2 aromatic carbocycles. The zero-order valence-electron chi connectivity index (χ0n) is 23.1. The van der Waals surface area contributed by atoms with Crippen LogP contribution in [0, 0.1) is 23.7 Å². The van der Waals surface area contributed by atoms with Crippen LogP contribution < -0.4 is 16.0 Å². The second-order valence-corrected chi connectivity index (χ2v) is 11.5.